The molecule has 0 aromatic rings. The molecule has 0 amide bonds. The fraction of sp³-hybridized carbons (Fsp3) is 0.429. The normalized spacial score (nSPS) is 13.7. The molecule has 6 heteroatoms. The molecule has 0 aliphatic heterocycles. The van der Waals surface area contributed by atoms with E-state index in [1.54, 1.807) is 26.8 Å². The van der Waals surface area contributed by atoms with Crippen LogP contribution in [0.3, 0.4) is 0 Å². The van der Waals surface area contributed by atoms with Gasteiger partial charge in [0.1, 0.15) is 0 Å². The molecule has 1 unspecified atom stereocenters. The molecular weight excluding hydrogens is 348 g/mol. The lowest BCUT2D eigenvalue weighted by molar-refractivity contribution is -0.145. The van der Waals surface area contributed by atoms with Gasteiger partial charge in [-0.25, -0.2) is 4.79 Å². The largest absolute Gasteiger partial charge is 0.466 e. The Labute approximate surface area is 132 Å². The van der Waals surface area contributed by atoms with Crippen LogP contribution in [0, 0.1) is 5.92 Å². The highest BCUT2D eigenvalue weighted by Crippen LogP contribution is 2.23. The van der Waals surface area contributed by atoms with E-state index in [0.29, 0.717) is 11.1 Å². The first kappa shape index (κ1) is 18.9. The Kier molecular flexibility index (Phi) is 9.25. The van der Waals surface area contributed by atoms with Gasteiger partial charge in [-0.3, -0.25) is 4.79 Å². The maximum absolute atomic E-state index is 11.8. The molecule has 0 bridgehead atoms. The van der Waals surface area contributed by atoms with Crippen LogP contribution in [-0.2, 0) is 19.1 Å². The summed E-state index contributed by atoms with van der Waals surface area (Å²) in [5.74, 6) is -1.43. The molecule has 4 nitrogen and oxygen atoms in total. The number of hydrogen-bond acceptors (Lipinski definition) is 4. The van der Waals surface area contributed by atoms with Crippen LogP contribution < -0.4 is 0 Å². The summed E-state index contributed by atoms with van der Waals surface area (Å²) < 4.78 is 10.2. The van der Waals surface area contributed by atoms with E-state index in [0.717, 1.165) is 0 Å². The van der Waals surface area contributed by atoms with Gasteiger partial charge >= 0.3 is 11.9 Å². The lowest BCUT2D eigenvalue weighted by Crippen LogP contribution is -2.14. The Hall–Kier alpha value is -1.07. The fourth-order valence-electron chi connectivity index (χ4n) is 1.24. The topological polar surface area (TPSA) is 52.6 Å². The monoisotopic (exact) mass is 364 g/mol. The molecule has 0 saturated carbocycles. The summed E-state index contributed by atoms with van der Waals surface area (Å²) in [5.41, 5.74) is 0.197. The van der Waals surface area contributed by atoms with Gasteiger partial charge in [0, 0.05) is 9.51 Å². The molecule has 0 aliphatic carbocycles. The molecule has 0 rings (SSSR count). The molecule has 0 aromatic heterocycles. The smallest absolute Gasteiger partial charge is 0.339 e. The van der Waals surface area contributed by atoms with Gasteiger partial charge in [-0.05, 0) is 26.8 Å². The van der Waals surface area contributed by atoms with E-state index in [-0.39, 0.29) is 23.2 Å². The summed E-state index contributed by atoms with van der Waals surface area (Å²) in [4.78, 5) is 23.4. The molecule has 0 fully saturated rings. The Morgan fingerprint density at radius 3 is 2.30 bits per heavy atom. The van der Waals surface area contributed by atoms with Crippen molar-refractivity contribution < 1.29 is 19.1 Å². The molecule has 20 heavy (non-hydrogen) atoms. The molecule has 0 saturated heterocycles. The van der Waals surface area contributed by atoms with Gasteiger partial charge in [0.2, 0.25) is 0 Å². The highest BCUT2D eigenvalue weighted by Gasteiger charge is 2.18. The van der Waals surface area contributed by atoms with Crippen LogP contribution in [0.25, 0.3) is 0 Å². The minimum absolute atomic E-state index is 0.183. The SMILES string of the molecule is C=C(Cl)/C=C(C(=O)OCC)\C(Br)=C/C(C)C(=O)OCC. The summed E-state index contributed by atoms with van der Waals surface area (Å²) >= 11 is 8.94. The van der Waals surface area contributed by atoms with Gasteiger partial charge in [-0.15, -0.1) is 0 Å². The Morgan fingerprint density at radius 1 is 1.30 bits per heavy atom. The molecule has 112 valence electrons. The maximum atomic E-state index is 11.8. The molecular formula is C14H18BrClO4. The van der Waals surface area contributed by atoms with Crippen molar-refractivity contribution in [3.05, 3.63) is 33.8 Å². The van der Waals surface area contributed by atoms with Gasteiger partial charge in [0.05, 0.1) is 24.7 Å². The van der Waals surface area contributed by atoms with Crippen molar-refractivity contribution in [3.63, 3.8) is 0 Å². The summed E-state index contributed by atoms with van der Waals surface area (Å²) in [6.07, 6.45) is 2.93. The molecule has 0 aromatic carbocycles. The van der Waals surface area contributed by atoms with Gasteiger partial charge in [0.25, 0.3) is 0 Å². The first-order valence-corrected chi connectivity index (χ1v) is 7.28. The Balaban J connectivity index is 5.23. The van der Waals surface area contributed by atoms with Crippen LogP contribution in [0.1, 0.15) is 20.8 Å². The number of allylic oxidation sites excluding steroid dienone is 2. The molecule has 1 atom stereocenters. The number of carbonyl (C=O) groups is 2. The average molecular weight is 366 g/mol. The van der Waals surface area contributed by atoms with E-state index in [1.807, 2.05) is 0 Å². The standard InChI is InChI=1S/C14H18BrClO4/c1-5-19-13(17)9(3)7-12(15)11(8-10(4)16)14(18)20-6-2/h7-9H,4-6H2,1-3H3/b11-8+,12-7+. The van der Waals surface area contributed by atoms with Crippen molar-refractivity contribution in [1.29, 1.82) is 0 Å². The zero-order chi connectivity index (χ0) is 15.7. The highest BCUT2D eigenvalue weighted by atomic mass is 79.9. The first-order valence-electron chi connectivity index (χ1n) is 6.10. The molecule has 0 spiro atoms. The van der Waals surface area contributed by atoms with E-state index in [2.05, 4.69) is 22.5 Å². The van der Waals surface area contributed by atoms with Crippen LogP contribution in [0.5, 0.6) is 0 Å². The minimum Gasteiger partial charge on any atom is -0.466 e. The van der Waals surface area contributed by atoms with Crippen LogP contribution in [0.4, 0.5) is 0 Å². The van der Waals surface area contributed by atoms with Gasteiger partial charge in [-0.1, -0.05) is 40.2 Å². The van der Waals surface area contributed by atoms with Crippen LogP contribution >= 0.6 is 27.5 Å². The second-order valence-electron chi connectivity index (χ2n) is 3.78. The summed E-state index contributed by atoms with van der Waals surface area (Å²) in [7, 11) is 0. The summed E-state index contributed by atoms with van der Waals surface area (Å²) in [6.45, 7) is 9.13. The predicted octanol–water partition coefficient (Wildman–Crippen LogP) is 3.71. The third-order valence-corrected chi connectivity index (χ3v) is 2.91. The number of carbonyl (C=O) groups excluding carboxylic acids is 2. The first-order chi connectivity index (χ1) is 9.33. The van der Waals surface area contributed by atoms with E-state index < -0.39 is 11.9 Å². The van der Waals surface area contributed by atoms with Crippen LogP contribution in [0.15, 0.2) is 33.8 Å². The van der Waals surface area contributed by atoms with Gasteiger partial charge in [0.15, 0.2) is 0 Å². The van der Waals surface area contributed by atoms with Crippen molar-refractivity contribution in [2.24, 2.45) is 5.92 Å². The van der Waals surface area contributed by atoms with E-state index in [4.69, 9.17) is 21.1 Å². The fourth-order valence-corrected chi connectivity index (χ4v) is 2.02. The highest BCUT2D eigenvalue weighted by molar-refractivity contribution is 9.12. The van der Waals surface area contributed by atoms with Crippen molar-refractivity contribution in [2.45, 2.75) is 20.8 Å². The van der Waals surface area contributed by atoms with Crippen molar-refractivity contribution >= 4 is 39.5 Å². The number of hydrogen-bond donors (Lipinski definition) is 0. The zero-order valence-electron chi connectivity index (χ0n) is 11.7. The third-order valence-electron chi connectivity index (χ3n) is 2.11. The number of halogens is 2. The van der Waals surface area contributed by atoms with Crippen LogP contribution in [0.2, 0.25) is 0 Å². The number of ether oxygens (including phenoxy) is 2. The van der Waals surface area contributed by atoms with Gasteiger partial charge < -0.3 is 9.47 Å². The molecule has 0 N–H and O–H groups in total. The number of rotatable bonds is 7. The molecule has 0 aliphatic rings. The quantitative estimate of drug-likeness (QED) is 0.392. The second-order valence-corrected chi connectivity index (χ2v) is 5.12. The van der Waals surface area contributed by atoms with Crippen LogP contribution in [-0.4, -0.2) is 25.2 Å². The molecule has 0 radical (unpaired) electrons. The lowest BCUT2D eigenvalue weighted by Gasteiger charge is -2.09. The van der Waals surface area contributed by atoms with E-state index in [1.165, 1.54) is 6.08 Å². The van der Waals surface area contributed by atoms with Crippen molar-refractivity contribution in [3.8, 4) is 0 Å². The van der Waals surface area contributed by atoms with Gasteiger partial charge in [-0.2, -0.15) is 0 Å². The summed E-state index contributed by atoms with van der Waals surface area (Å²) in [6, 6.07) is 0. The maximum Gasteiger partial charge on any atom is 0.339 e. The van der Waals surface area contributed by atoms with E-state index in [9.17, 15) is 9.59 Å². The Bertz CT molecular complexity index is 440. The number of esters is 2. The second kappa shape index (κ2) is 9.77. The average Bonchev–Trinajstić information content (AvgIpc) is 2.35. The zero-order valence-corrected chi connectivity index (χ0v) is 14.1. The third kappa shape index (κ3) is 6.91. The minimum atomic E-state index is -0.548. The Morgan fingerprint density at radius 2 is 1.85 bits per heavy atom. The van der Waals surface area contributed by atoms with Crippen molar-refractivity contribution in [2.75, 3.05) is 13.2 Å². The molecule has 0 heterocycles. The summed E-state index contributed by atoms with van der Waals surface area (Å²) in [5, 5.41) is 0.183. The lowest BCUT2D eigenvalue weighted by atomic mass is 10.1. The van der Waals surface area contributed by atoms with E-state index >= 15 is 0 Å². The van der Waals surface area contributed by atoms with Crippen molar-refractivity contribution in [1.82, 2.24) is 0 Å². The predicted molar refractivity (Wildman–Crippen MR) is 82.5 cm³/mol.